The number of hydrogen-bond donors (Lipinski definition) is 1. The molecule has 3 aromatic carbocycles. The lowest BCUT2D eigenvalue weighted by molar-refractivity contribution is -0.129. The summed E-state index contributed by atoms with van der Waals surface area (Å²) in [4.78, 5) is 23.0. The summed E-state index contributed by atoms with van der Waals surface area (Å²) in [5.74, 6) is 0. The molecule has 32 heavy (non-hydrogen) atoms. The highest BCUT2D eigenvalue weighted by Crippen LogP contribution is 2.32. The van der Waals surface area contributed by atoms with Crippen LogP contribution in [0.15, 0.2) is 71.4 Å². The molecule has 0 saturated heterocycles. The molecule has 1 amide bonds. The fourth-order valence-corrected chi connectivity index (χ4v) is 3.62. The second-order valence-corrected chi connectivity index (χ2v) is 7.47. The number of nitrogens with one attached hydrogen (secondary N) is 1. The molecular weight excluding hydrogens is 432 g/mol. The minimum atomic E-state index is -0.626. The number of amides is 1. The summed E-state index contributed by atoms with van der Waals surface area (Å²) in [6.45, 7) is 2.37. The van der Waals surface area contributed by atoms with Crippen molar-refractivity contribution in [3.8, 4) is 11.1 Å². The maximum absolute atomic E-state index is 12.6. The first-order valence-electron chi connectivity index (χ1n) is 9.80. The van der Waals surface area contributed by atoms with E-state index in [1.54, 1.807) is 13.0 Å². The van der Waals surface area contributed by atoms with Crippen LogP contribution in [0.1, 0.15) is 24.2 Å². The number of carbonyl (C=O) groups excluding carboxylic acids is 2. The van der Waals surface area contributed by atoms with Crippen LogP contribution >= 0.6 is 11.6 Å². The number of rotatable bonds is 7. The molecule has 4 rings (SSSR count). The fourth-order valence-electron chi connectivity index (χ4n) is 3.33. The van der Waals surface area contributed by atoms with Gasteiger partial charge in [-0.25, -0.2) is 4.79 Å². The quantitative estimate of drug-likeness (QED) is 0.340. The molecule has 0 bridgehead atoms. The van der Waals surface area contributed by atoms with E-state index in [9.17, 15) is 9.59 Å². The van der Waals surface area contributed by atoms with Crippen molar-refractivity contribution in [1.82, 2.24) is 5.16 Å². The Labute approximate surface area is 188 Å². The molecule has 0 aliphatic carbocycles. The van der Waals surface area contributed by atoms with Gasteiger partial charge in [0.2, 0.25) is 0 Å². The lowest BCUT2D eigenvalue weighted by atomic mass is 10.0. The third-order valence-electron chi connectivity index (χ3n) is 4.94. The Morgan fingerprint density at radius 1 is 1.16 bits per heavy atom. The molecule has 1 aromatic heterocycles. The molecule has 1 heterocycles. The van der Waals surface area contributed by atoms with E-state index in [2.05, 4.69) is 10.5 Å². The molecule has 1 unspecified atom stereocenters. The highest BCUT2D eigenvalue weighted by Gasteiger charge is 2.17. The predicted molar refractivity (Wildman–Crippen MR) is 120 cm³/mol. The first-order chi connectivity index (χ1) is 15.5. The van der Waals surface area contributed by atoms with Crippen molar-refractivity contribution >= 4 is 40.8 Å². The molecule has 0 aliphatic rings. The molecule has 1 atom stereocenters. The van der Waals surface area contributed by atoms with Gasteiger partial charge in [0, 0.05) is 10.6 Å². The van der Waals surface area contributed by atoms with Crippen LogP contribution in [0, 0.1) is 0 Å². The van der Waals surface area contributed by atoms with Gasteiger partial charge in [0.05, 0.1) is 17.3 Å². The number of aromatic nitrogens is 1. The number of ether oxygens (including phenoxy) is 2. The highest BCUT2D eigenvalue weighted by atomic mass is 35.5. The molecule has 0 radical (unpaired) electrons. The number of fused-ring (bicyclic) bond motifs is 1. The van der Waals surface area contributed by atoms with Crippen LogP contribution in [0.4, 0.5) is 10.5 Å². The van der Waals surface area contributed by atoms with Crippen LogP contribution in [0.3, 0.4) is 0 Å². The van der Waals surface area contributed by atoms with Gasteiger partial charge < -0.3 is 14.0 Å². The van der Waals surface area contributed by atoms with Crippen LogP contribution in [-0.4, -0.2) is 17.7 Å². The Balaban J connectivity index is 1.56. The molecule has 4 aromatic rings. The summed E-state index contributed by atoms with van der Waals surface area (Å²) in [6.07, 6.45) is 0.371. The summed E-state index contributed by atoms with van der Waals surface area (Å²) >= 11 is 6.20. The average Bonchev–Trinajstić information content (AvgIpc) is 3.27. The Hall–Kier alpha value is -3.84. The number of nitrogens with zero attached hydrogens (tertiary/aromatic N) is 1. The zero-order chi connectivity index (χ0) is 22.5. The van der Waals surface area contributed by atoms with E-state index in [0.29, 0.717) is 33.7 Å². The van der Waals surface area contributed by atoms with Gasteiger partial charge in [-0.1, -0.05) is 59.2 Å². The van der Waals surface area contributed by atoms with E-state index in [0.717, 1.165) is 16.7 Å². The van der Waals surface area contributed by atoms with Crippen LogP contribution in [0.5, 0.6) is 0 Å². The number of anilines is 1. The monoisotopic (exact) mass is 450 g/mol. The van der Waals surface area contributed by atoms with Crippen molar-refractivity contribution in [1.29, 1.82) is 0 Å². The summed E-state index contributed by atoms with van der Waals surface area (Å²) in [5, 5.41) is 7.79. The normalized spacial score (nSPS) is 11.7. The minimum Gasteiger partial charge on any atom is -0.463 e. The molecular formula is C24H19ClN2O5. The van der Waals surface area contributed by atoms with Gasteiger partial charge in [0.25, 0.3) is 6.47 Å². The number of carbonyl (C=O) groups is 2. The Morgan fingerprint density at radius 2 is 1.94 bits per heavy atom. The van der Waals surface area contributed by atoms with Crippen LogP contribution in [0.25, 0.3) is 22.1 Å². The maximum atomic E-state index is 12.6. The Morgan fingerprint density at radius 3 is 2.69 bits per heavy atom. The fraction of sp³-hybridized carbons (Fsp3) is 0.125. The van der Waals surface area contributed by atoms with Gasteiger partial charge in [-0.3, -0.25) is 10.1 Å². The van der Waals surface area contributed by atoms with Gasteiger partial charge >= 0.3 is 6.09 Å². The molecule has 7 nitrogen and oxygen atoms in total. The van der Waals surface area contributed by atoms with Crippen molar-refractivity contribution in [3.63, 3.8) is 0 Å². The topological polar surface area (TPSA) is 90.7 Å². The lowest BCUT2D eigenvalue weighted by Gasteiger charge is -2.16. The van der Waals surface area contributed by atoms with Gasteiger partial charge in [-0.05, 0) is 41.8 Å². The van der Waals surface area contributed by atoms with Gasteiger partial charge in [0.1, 0.15) is 12.7 Å². The SMILES string of the molecule is CC(OC(=O)Nc1cc(-c2ccc(COC=O)cc2)cc2oncc12)c1ccccc1Cl. The minimum absolute atomic E-state index is 0.202. The Kier molecular flexibility index (Phi) is 6.37. The van der Waals surface area contributed by atoms with Crippen molar-refractivity contribution in [2.24, 2.45) is 0 Å². The second-order valence-electron chi connectivity index (χ2n) is 7.06. The first-order valence-corrected chi connectivity index (χ1v) is 10.2. The average molecular weight is 451 g/mol. The van der Waals surface area contributed by atoms with Crippen LogP contribution < -0.4 is 5.32 Å². The van der Waals surface area contributed by atoms with Crippen molar-refractivity contribution in [2.45, 2.75) is 19.6 Å². The molecule has 1 N–H and O–H groups in total. The second kappa shape index (κ2) is 9.53. The van der Waals surface area contributed by atoms with Crippen LogP contribution in [0.2, 0.25) is 5.02 Å². The zero-order valence-electron chi connectivity index (χ0n) is 17.1. The van der Waals surface area contributed by atoms with E-state index in [4.69, 9.17) is 25.6 Å². The highest BCUT2D eigenvalue weighted by molar-refractivity contribution is 6.31. The summed E-state index contributed by atoms with van der Waals surface area (Å²) in [6, 6.07) is 18.4. The molecule has 0 saturated carbocycles. The third-order valence-corrected chi connectivity index (χ3v) is 5.29. The number of halogens is 1. The zero-order valence-corrected chi connectivity index (χ0v) is 17.8. The van der Waals surface area contributed by atoms with E-state index >= 15 is 0 Å². The molecule has 8 heteroatoms. The third kappa shape index (κ3) is 4.73. The summed E-state index contributed by atoms with van der Waals surface area (Å²) in [7, 11) is 0. The molecule has 0 aliphatic heterocycles. The number of benzene rings is 3. The first kappa shape index (κ1) is 21.4. The molecule has 0 spiro atoms. The van der Waals surface area contributed by atoms with Crippen molar-refractivity contribution in [3.05, 3.63) is 83.0 Å². The van der Waals surface area contributed by atoms with Crippen molar-refractivity contribution in [2.75, 3.05) is 5.32 Å². The maximum Gasteiger partial charge on any atom is 0.412 e. The Bertz CT molecular complexity index is 1250. The van der Waals surface area contributed by atoms with E-state index in [1.165, 1.54) is 6.20 Å². The smallest absolute Gasteiger partial charge is 0.412 e. The number of hydrogen-bond acceptors (Lipinski definition) is 6. The standard InChI is InChI=1S/C24H19ClN2O5/c1-15(19-4-2-3-5-21(19)25)31-24(29)27-22-10-18(11-23-20(22)12-26-32-23)17-8-6-16(7-9-17)13-30-14-28/h2-12,14-15H,13H2,1H3,(H,27,29). The van der Waals surface area contributed by atoms with Gasteiger partial charge in [0.15, 0.2) is 5.58 Å². The summed E-state index contributed by atoms with van der Waals surface area (Å²) in [5.41, 5.74) is 4.29. The largest absolute Gasteiger partial charge is 0.463 e. The van der Waals surface area contributed by atoms with Crippen LogP contribution in [-0.2, 0) is 20.9 Å². The van der Waals surface area contributed by atoms with Gasteiger partial charge in [-0.15, -0.1) is 0 Å². The van der Waals surface area contributed by atoms with E-state index in [-0.39, 0.29) is 6.61 Å². The van der Waals surface area contributed by atoms with Crippen molar-refractivity contribution < 1.29 is 23.6 Å². The predicted octanol–water partition coefficient (Wildman–Crippen LogP) is 6.13. The summed E-state index contributed by atoms with van der Waals surface area (Å²) < 4.78 is 15.6. The van der Waals surface area contributed by atoms with E-state index in [1.807, 2.05) is 54.6 Å². The lowest BCUT2D eigenvalue weighted by Crippen LogP contribution is -2.16. The van der Waals surface area contributed by atoms with Gasteiger partial charge in [-0.2, -0.15) is 0 Å². The molecule has 162 valence electrons. The molecule has 0 fully saturated rings. The van der Waals surface area contributed by atoms with E-state index < -0.39 is 12.2 Å².